The number of rotatable bonds is 6. The second-order valence-electron chi connectivity index (χ2n) is 5.84. The van der Waals surface area contributed by atoms with Gasteiger partial charge in [0.1, 0.15) is 0 Å². The minimum absolute atomic E-state index is 0.110. The van der Waals surface area contributed by atoms with Crippen LogP contribution in [0.1, 0.15) is 41.0 Å². The highest BCUT2D eigenvalue weighted by Gasteiger charge is 2.09. The first-order valence-corrected chi connectivity index (χ1v) is 7.81. The van der Waals surface area contributed by atoms with Gasteiger partial charge in [-0.2, -0.15) is 0 Å². The van der Waals surface area contributed by atoms with Crippen molar-refractivity contribution < 1.29 is 9.59 Å². The van der Waals surface area contributed by atoms with Crippen molar-refractivity contribution in [3.05, 3.63) is 65.7 Å². The molecule has 2 amide bonds. The van der Waals surface area contributed by atoms with Crippen molar-refractivity contribution in [3.63, 3.8) is 0 Å². The molecule has 4 nitrogen and oxygen atoms in total. The second kappa shape index (κ2) is 8.13. The third-order valence-electron chi connectivity index (χ3n) is 3.45. The van der Waals surface area contributed by atoms with E-state index >= 15 is 0 Å². The molecule has 0 bridgehead atoms. The molecule has 0 aliphatic carbocycles. The van der Waals surface area contributed by atoms with E-state index in [9.17, 15) is 9.59 Å². The first-order chi connectivity index (χ1) is 11.1. The Bertz CT molecular complexity index is 649. The zero-order chi connectivity index (χ0) is 16.7. The van der Waals surface area contributed by atoms with Crippen LogP contribution >= 0.6 is 0 Å². The quantitative estimate of drug-likeness (QED) is 0.854. The lowest BCUT2D eigenvalue weighted by atomic mass is 10.1. The number of carbonyl (C=O) groups excluding carboxylic acids is 2. The summed E-state index contributed by atoms with van der Waals surface area (Å²) in [4.78, 5) is 24.1. The summed E-state index contributed by atoms with van der Waals surface area (Å²) in [5.41, 5.74) is 1.82. The molecule has 0 unspecified atom stereocenters. The lowest BCUT2D eigenvalue weighted by Crippen LogP contribution is -2.25. The number of hydrogen-bond donors (Lipinski definition) is 2. The molecule has 2 aromatic rings. The van der Waals surface area contributed by atoms with Crippen LogP contribution < -0.4 is 10.6 Å². The van der Waals surface area contributed by atoms with Crippen LogP contribution in [-0.4, -0.2) is 18.4 Å². The molecule has 2 rings (SSSR count). The summed E-state index contributed by atoms with van der Waals surface area (Å²) in [6.07, 6.45) is 0.948. The molecule has 23 heavy (non-hydrogen) atoms. The van der Waals surface area contributed by atoms with Gasteiger partial charge in [-0.05, 0) is 48.7 Å². The molecule has 0 saturated heterocycles. The lowest BCUT2D eigenvalue weighted by molar-refractivity contribution is 0.0950. The highest BCUT2D eigenvalue weighted by atomic mass is 16.2. The van der Waals surface area contributed by atoms with E-state index in [1.165, 1.54) is 0 Å². The summed E-state index contributed by atoms with van der Waals surface area (Å²) in [5.74, 6) is 0.253. The van der Waals surface area contributed by atoms with Crippen LogP contribution in [0.4, 0.5) is 5.69 Å². The fourth-order valence-corrected chi connectivity index (χ4v) is 2.07. The van der Waals surface area contributed by atoms with Crippen LogP contribution in [0.15, 0.2) is 54.6 Å². The Morgan fingerprint density at radius 1 is 0.870 bits per heavy atom. The molecule has 4 heteroatoms. The maximum Gasteiger partial charge on any atom is 0.255 e. The summed E-state index contributed by atoms with van der Waals surface area (Å²) in [6, 6.07) is 15.9. The first kappa shape index (κ1) is 16.7. The lowest BCUT2D eigenvalue weighted by Gasteiger charge is -2.08. The smallest absolute Gasteiger partial charge is 0.255 e. The summed E-state index contributed by atoms with van der Waals surface area (Å²) < 4.78 is 0. The highest BCUT2D eigenvalue weighted by Crippen LogP contribution is 2.10. The van der Waals surface area contributed by atoms with Crippen LogP contribution in [0.25, 0.3) is 0 Å². The Labute approximate surface area is 136 Å². The molecule has 0 heterocycles. The molecule has 2 aromatic carbocycles. The highest BCUT2D eigenvalue weighted by molar-refractivity contribution is 6.05. The van der Waals surface area contributed by atoms with E-state index < -0.39 is 0 Å². The molecule has 0 saturated carbocycles. The van der Waals surface area contributed by atoms with Gasteiger partial charge >= 0.3 is 0 Å². The van der Waals surface area contributed by atoms with E-state index in [0.29, 0.717) is 23.6 Å². The van der Waals surface area contributed by atoms with Crippen molar-refractivity contribution in [1.82, 2.24) is 5.32 Å². The number of nitrogens with one attached hydrogen (secondary N) is 2. The molecule has 0 radical (unpaired) electrons. The molecule has 0 atom stereocenters. The number of carbonyl (C=O) groups is 2. The largest absolute Gasteiger partial charge is 0.352 e. The standard InChI is InChI=1S/C19H22N2O2/c1-14(2)12-13-20-18(22)15-8-10-16(11-9-15)19(23)21-17-6-4-3-5-7-17/h3-11,14H,12-13H2,1-2H3,(H,20,22)(H,21,23). The van der Waals surface area contributed by atoms with Crippen molar-refractivity contribution >= 4 is 17.5 Å². The maximum atomic E-state index is 12.1. The van der Waals surface area contributed by atoms with Gasteiger partial charge in [-0.25, -0.2) is 0 Å². The van der Waals surface area contributed by atoms with E-state index in [-0.39, 0.29) is 11.8 Å². The van der Waals surface area contributed by atoms with Gasteiger partial charge in [0.05, 0.1) is 0 Å². The van der Waals surface area contributed by atoms with Crippen LogP contribution in [0.3, 0.4) is 0 Å². The van der Waals surface area contributed by atoms with E-state index in [1.807, 2.05) is 30.3 Å². The molecule has 2 N–H and O–H groups in total. The van der Waals surface area contributed by atoms with Gasteiger partial charge in [0.25, 0.3) is 11.8 Å². The summed E-state index contributed by atoms with van der Waals surface area (Å²) in [6.45, 7) is 4.89. The zero-order valence-corrected chi connectivity index (χ0v) is 13.5. The van der Waals surface area contributed by atoms with E-state index in [4.69, 9.17) is 0 Å². The predicted molar refractivity (Wildman–Crippen MR) is 92.6 cm³/mol. The maximum absolute atomic E-state index is 12.1. The average Bonchev–Trinajstić information content (AvgIpc) is 2.55. The average molecular weight is 310 g/mol. The molecule has 120 valence electrons. The van der Waals surface area contributed by atoms with Crippen molar-refractivity contribution in [1.29, 1.82) is 0 Å². The topological polar surface area (TPSA) is 58.2 Å². The van der Waals surface area contributed by atoms with Gasteiger partial charge in [-0.15, -0.1) is 0 Å². The number of benzene rings is 2. The Hall–Kier alpha value is -2.62. The predicted octanol–water partition coefficient (Wildman–Crippen LogP) is 3.71. The van der Waals surface area contributed by atoms with Gasteiger partial charge in [0, 0.05) is 23.4 Å². The molecule has 0 aromatic heterocycles. The Kier molecular flexibility index (Phi) is 5.92. The first-order valence-electron chi connectivity index (χ1n) is 7.81. The van der Waals surface area contributed by atoms with E-state index in [2.05, 4.69) is 24.5 Å². The molecular formula is C19H22N2O2. The summed E-state index contributed by atoms with van der Waals surface area (Å²) in [5, 5.41) is 5.69. The van der Waals surface area contributed by atoms with Crippen LogP contribution in [0, 0.1) is 5.92 Å². The SMILES string of the molecule is CC(C)CCNC(=O)c1ccc(C(=O)Nc2ccccc2)cc1. The van der Waals surface area contributed by atoms with Crippen molar-refractivity contribution in [2.45, 2.75) is 20.3 Å². The molecular weight excluding hydrogens is 288 g/mol. The monoisotopic (exact) mass is 310 g/mol. The molecule has 0 aliphatic heterocycles. The molecule has 0 fully saturated rings. The van der Waals surface area contributed by atoms with Crippen LogP contribution in [0.2, 0.25) is 0 Å². The van der Waals surface area contributed by atoms with Gasteiger partial charge in [0.15, 0.2) is 0 Å². The number of hydrogen-bond acceptors (Lipinski definition) is 2. The minimum Gasteiger partial charge on any atom is -0.352 e. The number of amides is 2. The Morgan fingerprint density at radius 2 is 1.43 bits per heavy atom. The zero-order valence-electron chi connectivity index (χ0n) is 13.5. The van der Waals surface area contributed by atoms with Gasteiger partial charge in [-0.1, -0.05) is 32.0 Å². The Morgan fingerprint density at radius 3 is 2.00 bits per heavy atom. The van der Waals surface area contributed by atoms with Crippen molar-refractivity contribution in [2.75, 3.05) is 11.9 Å². The van der Waals surface area contributed by atoms with E-state index in [1.54, 1.807) is 24.3 Å². The fourth-order valence-electron chi connectivity index (χ4n) is 2.07. The third kappa shape index (κ3) is 5.25. The molecule has 0 spiro atoms. The van der Waals surface area contributed by atoms with Crippen molar-refractivity contribution in [2.24, 2.45) is 5.92 Å². The van der Waals surface area contributed by atoms with Crippen LogP contribution in [-0.2, 0) is 0 Å². The fraction of sp³-hybridized carbons (Fsp3) is 0.263. The Balaban J connectivity index is 1.93. The van der Waals surface area contributed by atoms with Gasteiger partial charge < -0.3 is 10.6 Å². The minimum atomic E-state index is -0.192. The van der Waals surface area contributed by atoms with Crippen LogP contribution in [0.5, 0.6) is 0 Å². The summed E-state index contributed by atoms with van der Waals surface area (Å²) in [7, 11) is 0. The summed E-state index contributed by atoms with van der Waals surface area (Å²) >= 11 is 0. The van der Waals surface area contributed by atoms with Gasteiger partial charge in [-0.3, -0.25) is 9.59 Å². The second-order valence-corrected chi connectivity index (χ2v) is 5.84. The van der Waals surface area contributed by atoms with Crippen molar-refractivity contribution in [3.8, 4) is 0 Å². The number of para-hydroxylation sites is 1. The van der Waals surface area contributed by atoms with Gasteiger partial charge in [0.2, 0.25) is 0 Å². The molecule has 0 aliphatic rings. The third-order valence-corrected chi connectivity index (χ3v) is 3.45. The van der Waals surface area contributed by atoms with E-state index in [0.717, 1.165) is 12.1 Å². The normalized spacial score (nSPS) is 10.4. The number of anilines is 1.